The molecule has 2 aromatic carbocycles. The highest BCUT2D eigenvalue weighted by atomic mass is 16.5. The van der Waals surface area contributed by atoms with Crippen LogP contribution < -0.4 is 4.74 Å². The van der Waals surface area contributed by atoms with Gasteiger partial charge in [-0.05, 0) is 67.3 Å². The molecule has 2 fully saturated rings. The fraction of sp³-hybridized carbons (Fsp3) is 0.409. The van der Waals surface area contributed by atoms with Gasteiger partial charge in [-0.15, -0.1) is 0 Å². The van der Waals surface area contributed by atoms with Crippen molar-refractivity contribution in [3.05, 3.63) is 53.6 Å². The molecule has 1 aliphatic carbocycles. The van der Waals surface area contributed by atoms with Crippen molar-refractivity contribution in [3.63, 3.8) is 0 Å². The van der Waals surface area contributed by atoms with Crippen molar-refractivity contribution >= 4 is 5.91 Å². The predicted molar refractivity (Wildman–Crippen MR) is 102 cm³/mol. The third-order valence-corrected chi connectivity index (χ3v) is 5.33. The number of hydrogen-bond acceptors (Lipinski definition) is 4. The molecular weight excluding hydrogens is 342 g/mol. The van der Waals surface area contributed by atoms with E-state index in [0.29, 0.717) is 42.8 Å². The fourth-order valence-electron chi connectivity index (χ4n) is 3.67. The lowest BCUT2D eigenvalue weighted by molar-refractivity contribution is 0.0786. The standard InChI is InChI=1S/C22H25NO4/c24-19-3-1-2-16(9-19)8-17-6-7-23(13-17)22(26)18-10-20(25)12-21(11-18)27-14-15-4-5-15/h1-3,9-12,15,17,24-25H,4-8,13-14H2. The molecule has 0 radical (unpaired) electrons. The smallest absolute Gasteiger partial charge is 0.254 e. The second-order valence-corrected chi connectivity index (χ2v) is 7.75. The molecule has 1 heterocycles. The van der Waals surface area contributed by atoms with Crippen molar-refractivity contribution in [1.82, 2.24) is 4.90 Å². The van der Waals surface area contributed by atoms with Crippen molar-refractivity contribution in [2.24, 2.45) is 11.8 Å². The average Bonchev–Trinajstić information content (AvgIpc) is 3.36. The van der Waals surface area contributed by atoms with E-state index in [2.05, 4.69) is 0 Å². The second-order valence-electron chi connectivity index (χ2n) is 7.75. The van der Waals surface area contributed by atoms with E-state index in [4.69, 9.17) is 4.74 Å². The normalized spacial score (nSPS) is 19.3. The maximum Gasteiger partial charge on any atom is 0.254 e. The number of benzene rings is 2. The molecule has 2 N–H and O–H groups in total. The lowest BCUT2D eigenvalue weighted by Crippen LogP contribution is -2.29. The molecule has 5 nitrogen and oxygen atoms in total. The molecule has 1 unspecified atom stereocenters. The highest BCUT2D eigenvalue weighted by Gasteiger charge is 2.28. The minimum absolute atomic E-state index is 0.0576. The molecule has 4 rings (SSSR count). The predicted octanol–water partition coefficient (Wildman–Crippen LogP) is 3.59. The molecule has 1 aliphatic heterocycles. The van der Waals surface area contributed by atoms with Gasteiger partial charge in [0.1, 0.15) is 17.2 Å². The van der Waals surface area contributed by atoms with Gasteiger partial charge in [-0.3, -0.25) is 4.79 Å². The van der Waals surface area contributed by atoms with Crippen LogP contribution in [0.25, 0.3) is 0 Å². The molecule has 2 aliphatic rings. The first-order chi connectivity index (χ1) is 13.1. The Balaban J connectivity index is 1.39. The number of carbonyl (C=O) groups excluding carboxylic acids is 1. The van der Waals surface area contributed by atoms with Crippen molar-refractivity contribution < 1.29 is 19.7 Å². The maximum absolute atomic E-state index is 12.9. The van der Waals surface area contributed by atoms with Gasteiger partial charge in [0.2, 0.25) is 0 Å². The number of rotatable bonds is 6. The molecule has 27 heavy (non-hydrogen) atoms. The number of likely N-dealkylation sites (tertiary alicyclic amines) is 1. The van der Waals surface area contributed by atoms with Gasteiger partial charge in [-0.1, -0.05) is 12.1 Å². The Labute approximate surface area is 159 Å². The van der Waals surface area contributed by atoms with Gasteiger partial charge < -0.3 is 19.8 Å². The summed E-state index contributed by atoms with van der Waals surface area (Å²) in [6, 6.07) is 12.1. The van der Waals surface area contributed by atoms with E-state index >= 15 is 0 Å². The summed E-state index contributed by atoms with van der Waals surface area (Å²) in [5.74, 6) is 1.81. The van der Waals surface area contributed by atoms with Gasteiger partial charge in [0.25, 0.3) is 5.91 Å². The number of ether oxygens (including phenoxy) is 1. The van der Waals surface area contributed by atoms with Gasteiger partial charge in [0.05, 0.1) is 6.61 Å². The first-order valence-corrected chi connectivity index (χ1v) is 9.61. The molecular formula is C22H25NO4. The Bertz CT molecular complexity index is 831. The summed E-state index contributed by atoms with van der Waals surface area (Å²) in [7, 11) is 0. The Kier molecular flexibility index (Phi) is 4.92. The largest absolute Gasteiger partial charge is 0.508 e. The number of aromatic hydroxyl groups is 2. The lowest BCUT2D eigenvalue weighted by Gasteiger charge is -2.18. The number of carbonyl (C=O) groups is 1. The van der Waals surface area contributed by atoms with E-state index in [-0.39, 0.29) is 17.4 Å². The zero-order valence-corrected chi connectivity index (χ0v) is 15.3. The summed E-state index contributed by atoms with van der Waals surface area (Å²) in [5.41, 5.74) is 1.56. The van der Waals surface area contributed by atoms with E-state index < -0.39 is 0 Å². The summed E-state index contributed by atoms with van der Waals surface area (Å²) in [5, 5.41) is 19.6. The maximum atomic E-state index is 12.9. The van der Waals surface area contributed by atoms with Crippen molar-refractivity contribution in [1.29, 1.82) is 0 Å². The third-order valence-electron chi connectivity index (χ3n) is 5.33. The second kappa shape index (κ2) is 7.51. The highest BCUT2D eigenvalue weighted by molar-refractivity contribution is 5.95. The summed E-state index contributed by atoms with van der Waals surface area (Å²) < 4.78 is 5.72. The van der Waals surface area contributed by atoms with E-state index in [1.54, 1.807) is 24.3 Å². The summed E-state index contributed by atoms with van der Waals surface area (Å²) in [6.45, 7) is 2.03. The molecule has 142 valence electrons. The van der Waals surface area contributed by atoms with Gasteiger partial charge in [0, 0.05) is 24.7 Å². The Morgan fingerprint density at radius 1 is 1.04 bits per heavy atom. The van der Waals surface area contributed by atoms with Crippen molar-refractivity contribution in [3.8, 4) is 17.2 Å². The first-order valence-electron chi connectivity index (χ1n) is 9.61. The van der Waals surface area contributed by atoms with Crippen LogP contribution in [0.15, 0.2) is 42.5 Å². The molecule has 1 amide bonds. The van der Waals surface area contributed by atoms with Crippen LogP contribution in [-0.2, 0) is 6.42 Å². The van der Waals surface area contributed by atoms with Crippen LogP contribution in [0.4, 0.5) is 0 Å². The van der Waals surface area contributed by atoms with Crippen LogP contribution in [-0.4, -0.2) is 40.7 Å². The van der Waals surface area contributed by atoms with Crippen LogP contribution in [0.3, 0.4) is 0 Å². The molecule has 2 aromatic rings. The Morgan fingerprint density at radius 3 is 2.67 bits per heavy atom. The number of phenolic OH excluding ortho intramolecular Hbond substituents is 2. The SMILES string of the molecule is O=C(c1cc(O)cc(OCC2CC2)c1)N1CCC(Cc2cccc(O)c2)C1. The van der Waals surface area contributed by atoms with E-state index in [0.717, 1.165) is 18.4 Å². The highest BCUT2D eigenvalue weighted by Crippen LogP contribution is 2.31. The molecule has 0 aromatic heterocycles. The summed E-state index contributed by atoms with van der Waals surface area (Å²) >= 11 is 0. The average molecular weight is 367 g/mol. The zero-order chi connectivity index (χ0) is 18.8. The lowest BCUT2D eigenvalue weighted by atomic mass is 9.98. The van der Waals surface area contributed by atoms with E-state index in [1.807, 2.05) is 17.0 Å². The molecule has 1 atom stereocenters. The van der Waals surface area contributed by atoms with Crippen LogP contribution in [0.1, 0.15) is 35.2 Å². The topological polar surface area (TPSA) is 70.0 Å². The summed E-state index contributed by atoms with van der Waals surface area (Å²) in [4.78, 5) is 14.7. The first kappa shape index (κ1) is 17.7. The van der Waals surface area contributed by atoms with Gasteiger partial charge in [-0.2, -0.15) is 0 Å². The van der Waals surface area contributed by atoms with Crippen LogP contribution >= 0.6 is 0 Å². The number of amides is 1. The quantitative estimate of drug-likeness (QED) is 0.819. The van der Waals surface area contributed by atoms with Crippen LogP contribution in [0.5, 0.6) is 17.2 Å². The Morgan fingerprint density at radius 2 is 1.89 bits per heavy atom. The zero-order valence-electron chi connectivity index (χ0n) is 15.3. The minimum Gasteiger partial charge on any atom is -0.508 e. The monoisotopic (exact) mass is 367 g/mol. The molecule has 0 spiro atoms. The third kappa shape index (κ3) is 4.54. The van der Waals surface area contributed by atoms with E-state index in [9.17, 15) is 15.0 Å². The van der Waals surface area contributed by atoms with Gasteiger partial charge in [-0.25, -0.2) is 0 Å². The molecule has 1 saturated heterocycles. The fourth-order valence-corrected chi connectivity index (χ4v) is 3.67. The number of hydrogen-bond donors (Lipinski definition) is 2. The van der Waals surface area contributed by atoms with Crippen LogP contribution in [0, 0.1) is 11.8 Å². The number of nitrogens with zero attached hydrogens (tertiary/aromatic N) is 1. The molecule has 5 heteroatoms. The van der Waals surface area contributed by atoms with Gasteiger partial charge in [0.15, 0.2) is 0 Å². The minimum atomic E-state index is -0.0689. The van der Waals surface area contributed by atoms with Crippen molar-refractivity contribution in [2.75, 3.05) is 19.7 Å². The van der Waals surface area contributed by atoms with Crippen molar-refractivity contribution in [2.45, 2.75) is 25.7 Å². The molecule has 0 bridgehead atoms. The van der Waals surface area contributed by atoms with E-state index in [1.165, 1.54) is 18.9 Å². The summed E-state index contributed by atoms with van der Waals surface area (Å²) in [6.07, 6.45) is 4.16. The molecule has 1 saturated carbocycles. The van der Waals surface area contributed by atoms with Crippen LogP contribution in [0.2, 0.25) is 0 Å². The number of phenols is 2. The van der Waals surface area contributed by atoms with Gasteiger partial charge >= 0.3 is 0 Å². The Hall–Kier alpha value is -2.69.